The minimum absolute atomic E-state index is 0.158. The Bertz CT molecular complexity index is 1050. The number of hydrogen-bond acceptors (Lipinski definition) is 6. The summed E-state index contributed by atoms with van der Waals surface area (Å²) in [6.07, 6.45) is 8.65. The molecular weight excluding hydrogens is 440 g/mol. The molecule has 0 atom stereocenters. The summed E-state index contributed by atoms with van der Waals surface area (Å²) in [7, 11) is 0. The lowest BCUT2D eigenvalue weighted by Gasteiger charge is -2.39. The van der Waals surface area contributed by atoms with Gasteiger partial charge in [0.2, 0.25) is 0 Å². The van der Waals surface area contributed by atoms with Crippen molar-refractivity contribution in [2.75, 3.05) is 49.6 Å². The molecule has 2 N–H and O–H groups in total. The van der Waals surface area contributed by atoms with Gasteiger partial charge in [-0.15, -0.1) is 0 Å². The van der Waals surface area contributed by atoms with Gasteiger partial charge in [-0.3, -0.25) is 9.69 Å². The number of ether oxygens (including phenoxy) is 1. The molecule has 186 valence electrons. The lowest BCUT2D eigenvalue weighted by Crippen LogP contribution is -2.44. The Morgan fingerprint density at radius 2 is 1.86 bits per heavy atom. The Kier molecular flexibility index (Phi) is 7.35. The fraction of sp³-hybridized carbons (Fsp3) is 0.593. The molecule has 1 saturated carbocycles. The van der Waals surface area contributed by atoms with Gasteiger partial charge in [0, 0.05) is 38.4 Å². The SMILES string of the molecule is CC1CCN(c2cc(C3CCC(N4CCOCC4)CC3)ccc2NC(=O)c2nc(C#N)c[nH]2)CC1. The molecule has 8 nitrogen and oxygen atoms in total. The Labute approximate surface area is 207 Å². The summed E-state index contributed by atoms with van der Waals surface area (Å²) in [5, 5.41) is 12.1. The van der Waals surface area contributed by atoms with Gasteiger partial charge in [-0.1, -0.05) is 13.0 Å². The average Bonchev–Trinajstić information content (AvgIpc) is 3.40. The van der Waals surface area contributed by atoms with E-state index in [0.717, 1.165) is 69.5 Å². The Morgan fingerprint density at radius 3 is 2.54 bits per heavy atom. The van der Waals surface area contributed by atoms with E-state index in [1.54, 1.807) is 0 Å². The molecule has 3 fully saturated rings. The molecule has 8 heteroatoms. The number of nitrogens with one attached hydrogen (secondary N) is 2. The molecule has 2 aromatic rings. The highest BCUT2D eigenvalue weighted by molar-refractivity contribution is 6.03. The number of anilines is 2. The molecule has 3 aliphatic rings. The summed E-state index contributed by atoms with van der Waals surface area (Å²) >= 11 is 0. The number of hydrogen-bond donors (Lipinski definition) is 2. The van der Waals surface area contributed by atoms with Crippen molar-refractivity contribution in [3.05, 3.63) is 41.5 Å². The number of benzene rings is 1. The number of carbonyl (C=O) groups excluding carboxylic acids is 1. The number of piperidine rings is 1. The first-order valence-electron chi connectivity index (χ1n) is 13.1. The number of H-pyrrole nitrogens is 1. The van der Waals surface area contributed by atoms with E-state index in [-0.39, 0.29) is 17.4 Å². The largest absolute Gasteiger partial charge is 0.379 e. The third-order valence-electron chi connectivity index (χ3n) is 8.03. The molecule has 2 aliphatic heterocycles. The standard InChI is InChI=1S/C27H36N6O2/c1-19-8-10-33(11-9-19)25-16-21(20-2-5-23(6-3-20)32-12-14-35-15-13-32)4-7-24(25)31-27(34)26-29-18-22(17-28)30-26/h4,7,16,18-20,23H,2-3,5-6,8-15H2,1H3,(H,29,30)(H,31,34). The van der Waals surface area contributed by atoms with Gasteiger partial charge in [0.05, 0.1) is 24.6 Å². The van der Waals surface area contributed by atoms with E-state index >= 15 is 0 Å². The number of rotatable bonds is 5. The molecule has 1 aromatic heterocycles. The topological polar surface area (TPSA) is 97.3 Å². The molecule has 35 heavy (non-hydrogen) atoms. The van der Waals surface area contributed by atoms with E-state index in [0.29, 0.717) is 12.0 Å². The number of nitriles is 1. The lowest BCUT2D eigenvalue weighted by atomic mass is 9.81. The van der Waals surface area contributed by atoms with Gasteiger partial charge in [0.15, 0.2) is 11.5 Å². The van der Waals surface area contributed by atoms with Crippen molar-refractivity contribution in [2.45, 2.75) is 57.4 Å². The summed E-state index contributed by atoms with van der Waals surface area (Å²) in [5.74, 6) is 1.13. The highest BCUT2D eigenvalue weighted by atomic mass is 16.5. The molecule has 0 bridgehead atoms. The molecular formula is C27H36N6O2. The zero-order valence-corrected chi connectivity index (χ0v) is 20.6. The fourth-order valence-electron chi connectivity index (χ4n) is 5.81. The van der Waals surface area contributed by atoms with Crippen LogP contribution in [0.5, 0.6) is 0 Å². The second kappa shape index (κ2) is 10.8. The Balaban J connectivity index is 1.32. The third kappa shape index (κ3) is 5.52. The zero-order chi connectivity index (χ0) is 24.2. The van der Waals surface area contributed by atoms with Crippen molar-refractivity contribution >= 4 is 17.3 Å². The van der Waals surface area contributed by atoms with Gasteiger partial charge >= 0.3 is 0 Å². The Hall–Kier alpha value is -2.89. The van der Waals surface area contributed by atoms with Crippen LogP contribution in [0.2, 0.25) is 0 Å². The van der Waals surface area contributed by atoms with Crippen molar-refractivity contribution in [3.63, 3.8) is 0 Å². The van der Waals surface area contributed by atoms with E-state index in [2.05, 4.69) is 50.2 Å². The number of aromatic nitrogens is 2. The lowest BCUT2D eigenvalue weighted by molar-refractivity contribution is 0.00730. The number of nitrogens with zero attached hydrogens (tertiary/aromatic N) is 4. The maximum atomic E-state index is 12.9. The van der Waals surface area contributed by atoms with Crippen LogP contribution in [0.4, 0.5) is 11.4 Å². The van der Waals surface area contributed by atoms with Crippen LogP contribution in [0, 0.1) is 17.2 Å². The van der Waals surface area contributed by atoms with Gasteiger partial charge in [-0.2, -0.15) is 5.26 Å². The van der Waals surface area contributed by atoms with Crippen LogP contribution >= 0.6 is 0 Å². The molecule has 1 aromatic carbocycles. The van der Waals surface area contributed by atoms with E-state index in [1.165, 1.54) is 37.4 Å². The first-order chi connectivity index (χ1) is 17.1. The monoisotopic (exact) mass is 476 g/mol. The van der Waals surface area contributed by atoms with E-state index in [9.17, 15) is 4.79 Å². The Morgan fingerprint density at radius 1 is 1.11 bits per heavy atom. The average molecular weight is 477 g/mol. The van der Waals surface area contributed by atoms with Crippen molar-refractivity contribution < 1.29 is 9.53 Å². The molecule has 5 rings (SSSR count). The number of aromatic amines is 1. The van der Waals surface area contributed by atoms with Crippen LogP contribution < -0.4 is 10.2 Å². The van der Waals surface area contributed by atoms with Crippen LogP contribution in [0.3, 0.4) is 0 Å². The van der Waals surface area contributed by atoms with Crippen LogP contribution in [-0.4, -0.2) is 66.2 Å². The third-order valence-corrected chi connectivity index (χ3v) is 8.03. The highest BCUT2D eigenvalue weighted by Gasteiger charge is 2.29. The van der Waals surface area contributed by atoms with Crippen LogP contribution in [-0.2, 0) is 4.74 Å². The maximum absolute atomic E-state index is 12.9. The van der Waals surface area contributed by atoms with Crippen molar-refractivity contribution in [3.8, 4) is 6.07 Å². The predicted molar refractivity (Wildman–Crippen MR) is 136 cm³/mol. The summed E-state index contributed by atoms with van der Waals surface area (Å²) in [5.41, 5.74) is 3.50. The first-order valence-corrected chi connectivity index (χ1v) is 13.1. The minimum Gasteiger partial charge on any atom is -0.379 e. The van der Waals surface area contributed by atoms with Gasteiger partial charge in [-0.05, 0) is 68.1 Å². The molecule has 3 heterocycles. The van der Waals surface area contributed by atoms with Crippen molar-refractivity contribution in [1.29, 1.82) is 5.26 Å². The number of amides is 1. The number of imidazole rings is 1. The van der Waals surface area contributed by atoms with Gasteiger partial charge in [0.25, 0.3) is 5.91 Å². The molecule has 1 amide bonds. The highest BCUT2D eigenvalue weighted by Crippen LogP contribution is 2.39. The first kappa shape index (κ1) is 23.8. The maximum Gasteiger partial charge on any atom is 0.291 e. The second-order valence-electron chi connectivity index (χ2n) is 10.3. The van der Waals surface area contributed by atoms with Gasteiger partial charge in [0.1, 0.15) is 6.07 Å². The van der Waals surface area contributed by atoms with Crippen LogP contribution in [0.15, 0.2) is 24.4 Å². The second-order valence-corrected chi connectivity index (χ2v) is 10.3. The quantitative estimate of drug-likeness (QED) is 0.674. The summed E-state index contributed by atoms with van der Waals surface area (Å²) < 4.78 is 5.54. The summed E-state index contributed by atoms with van der Waals surface area (Å²) in [4.78, 5) is 24.8. The van der Waals surface area contributed by atoms with Gasteiger partial charge in [-0.25, -0.2) is 4.98 Å². The van der Waals surface area contributed by atoms with Crippen molar-refractivity contribution in [1.82, 2.24) is 14.9 Å². The van der Waals surface area contributed by atoms with E-state index in [1.807, 2.05) is 6.07 Å². The smallest absolute Gasteiger partial charge is 0.291 e. The fourth-order valence-corrected chi connectivity index (χ4v) is 5.81. The predicted octanol–water partition coefficient (Wildman–Crippen LogP) is 4.13. The normalized spacial score (nSPS) is 24.2. The molecule has 2 saturated heterocycles. The van der Waals surface area contributed by atoms with Crippen LogP contribution in [0.1, 0.15) is 73.2 Å². The van der Waals surface area contributed by atoms with Gasteiger partial charge < -0.3 is 19.9 Å². The summed E-state index contributed by atoms with van der Waals surface area (Å²) in [6.45, 7) is 8.15. The summed E-state index contributed by atoms with van der Waals surface area (Å²) in [6, 6.07) is 9.21. The molecule has 0 unspecified atom stereocenters. The molecule has 0 radical (unpaired) electrons. The minimum atomic E-state index is -0.322. The van der Waals surface area contributed by atoms with E-state index < -0.39 is 0 Å². The molecule has 1 aliphatic carbocycles. The zero-order valence-electron chi connectivity index (χ0n) is 20.6. The van der Waals surface area contributed by atoms with Crippen LogP contribution in [0.25, 0.3) is 0 Å². The number of carbonyl (C=O) groups is 1. The van der Waals surface area contributed by atoms with Crippen molar-refractivity contribution in [2.24, 2.45) is 5.92 Å². The van der Waals surface area contributed by atoms with E-state index in [4.69, 9.17) is 10.00 Å². The molecule has 0 spiro atoms. The number of morpholine rings is 1.